The van der Waals surface area contributed by atoms with Crippen molar-refractivity contribution in [3.63, 3.8) is 0 Å². The smallest absolute Gasteiger partial charge is 0.352 e. The molecule has 0 aliphatic carbocycles. The summed E-state index contributed by atoms with van der Waals surface area (Å²) in [6, 6.07) is 12.3. The topological polar surface area (TPSA) is 95.2 Å². The normalized spacial score (nSPS) is 15.5. The van der Waals surface area contributed by atoms with Gasteiger partial charge >= 0.3 is 5.69 Å². The minimum atomic E-state index is -0.773. The fourth-order valence-corrected chi connectivity index (χ4v) is 3.91. The van der Waals surface area contributed by atoms with Crippen LogP contribution in [-0.4, -0.2) is 39.5 Å². The first kappa shape index (κ1) is 22.9. The summed E-state index contributed by atoms with van der Waals surface area (Å²) in [6.45, 7) is 4.71. The third kappa shape index (κ3) is 4.91. The van der Waals surface area contributed by atoms with Gasteiger partial charge in [0.2, 0.25) is 5.69 Å². The molecule has 2 aromatic carbocycles. The lowest BCUT2D eigenvalue weighted by atomic mass is 10.1. The van der Waals surface area contributed by atoms with Crippen molar-refractivity contribution in [2.45, 2.75) is 39.3 Å². The van der Waals surface area contributed by atoms with Gasteiger partial charge in [0.15, 0.2) is 0 Å². The summed E-state index contributed by atoms with van der Waals surface area (Å²) in [6.07, 6.45) is 1.68. The summed E-state index contributed by atoms with van der Waals surface area (Å²) in [5.41, 5.74) is 1.26. The van der Waals surface area contributed by atoms with Crippen molar-refractivity contribution >= 4 is 17.5 Å². The zero-order chi connectivity index (χ0) is 23.5. The van der Waals surface area contributed by atoms with E-state index in [2.05, 4.69) is 10.4 Å². The number of rotatable bonds is 6. The van der Waals surface area contributed by atoms with Crippen molar-refractivity contribution in [1.29, 1.82) is 0 Å². The highest BCUT2D eigenvalue weighted by molar-refractivity contribution is 6.31. The number of benzene rings is 2. The lowest BCUT2D eigenvalue weighted by molar-refractivity contribution is 0.0849. The van der Waals surface area contributed by atoms with E-state index in [0.717, 1.165) is 33.2 Å². The third-order valence-corrected chi connectivity index (χ3v) is 6.18. The van der Waals surface area contributed by atoms with Gasteiger partial charge in [-0.25, -0.2) is 4.79 Å². The van der Waals surface area contributed by atoms with E-state index < -0.39 is 17.2 Å². The van der Waals surface area contributed by atoms with Crippen molar-refractivity contribution in [3.8, 4) is 5.69 Å². The molecular weight excluding hydrogens is 444 g/mol. The number of carbonyl (C=O) groups is 1. The average molecular weight is 469 g/mol. The monoisotopic (exact) mass is 468 g/mol. The number of nitrogens with one attached hydrogen (secondary N) is 1. The Bertz CT molecular complexity index is 1310. The van der Waals surface area contributed by atoms with Gasteiger partial charge in [-0.05, 0) is 61.6 Å². The van der Waals surface area contributed by atoms with Gasteiger partial charge in [0.1, 0.15) is 0 Å². The molecule has 33 heavy (non-hydrogen) atoms. The molecule has 3 aromatic rings. The maximum absolute atomic E-state index is 13.3. The fraction of sp³-hybridized carbons (Fsp3) is 0.333. The maximum Gasteiger partial charge on any atom is 0.352 e. The standard InChI is InChI=1S/C24H25ClN4O4/c1-15-9-10-18(12-16(15)2)29-24(32)28(14-17-6-3-4-8-20(17)25)23(31)21(27-29)22(30)26-13-19-7-5-11-33-19/h3-4,6,8-10,12,19H,5,7,11,13-14H2,1-2H3,(H,26,30). The van der Waals surface area contributed by atoms with Crippen molar-refractivity contribution < 1.29 is 9.53 Å². The molecule has 4 rings (SSSR count). The number of aromatic nitrogens is 3. The van der Waals surface area contributed by atoms with Crippen LogP contribution in [0.3, 0.4) is 0 Å². The molecule has 1 aliphatic heterocycles. The molecule has 1 fully saturated rings. The minimum Gasteiger partial charge on any atom is -0.376 e. The van der Waals surface area contributed by atoms with Gasteiger partial charge < -0.3 is 10.1 Å². The molecule has 1 saturated heterocycles. The number of aryl methyl sites for hydroxylation is 2. The van der Waals surface area contributed by atoms with Gasteiger partial charge in [-0.3, -0.25) is 14.2 Å². The number of hydrogen-bond acceptors (Lipinski definition) is 5. The molecule has 1 atom stereocenters. The zero-order valence-corrected chi connectivity index (χ0v) is 19.3. The SMILES string of the molecule is Cc1ccc(-n2nc(C(=O)NCC3CCCO3)c(=O)n(Cc3ccccc3Cl)c2=O)cc1C. The second kappa shape index (κ2) is 9.72. The van der Waals surface area contributed by atoms with Gasteiger partial charge in [0.05, 0.1) is 18.3 Å². The lowest BCUT2D eigenvalue weighted by Crippen LogP contribution is -2.46. The Labute approximate surface area is 195 Å². The van der Waals surface area contributed by atoms with E-state index in [4.69, 9.17) is 16.3 Å². The van der Waals surface area contributed by atoms with Gasteiger partial charge in [0.25, 0.3) is 11.5 Å². The van der Waals surface area contributed by atoms with Gasteiger partial charge in [0, 0.05) is 18.2 Å². The zero-order valence-electron chi connectivity index (χ0n) is 18.5. The summed E-state index contributed by atoms with van der Waals surface area (Å²) in [5.74, 6) is -0.652. The first-order chi connectivity index (χ1) is 15.8. The van der Waals surface area contributed by atoms with Gasteiger partial charge in [-0.1, -0.05) is 35.9 Å². The van der Waals surface area contributed by atoms with Crippen molar-refractivity contribution in [3.05, 3.63) is 90.7 Å². The molecule has 172 valence electrons. The first-order valence-electron chi connectivity index (χ1n) is 10.8. The number of carbonyl (C=O) groups excluding carboxylic acids is 1. The van der Waals surface area contributed by atoms with E-state index >= 15 is 0 Å². The Balaban J connectivity index is 1.80. The summed E-state index contributed by atoms with van der Waals surface area (Å²) < 4.78 is 7.61. The Hall–Kier alpha value is -3.23. The van der Waals surface area contributed by atoms with Crippen LogP contribution in [0.5, 0.6) is 0 Å². The maximum atomic E-state index is 13.3. The van der Waals surface area contributed by atoms with Gasteiger partial charge in [-0.2, -0.15) is 9.78 Å². The number of ether oxygens (including phenoxy) is 1. The van der Waals surface area contributed by atoms with Crippen LogP contribution in [0.15, 0.2) is 52.1 Å². The molecular formula is C24H25ClN4O4. The van der Waals surface area contributed by atoms with E-state index in [-0.39, 0.29) is 24.9 Å². The number of hydrogen-bond donors (Lipinski definition) is 1. The highest BCUT2D eigenvalue weighted by atomic mass is 35.5. The molecule has 0 spiro atoms. The molecule has 1 N–H and O–H groups in total. The largest absolute Gasteiger partial charge is 0.376 e. The highest BCUT2D eigenvalue weighted by Crippen LogP contribution is 2.16. The molecule has 0 bridgehead atoms. The molecule has 1 aliphatic rings. The number of amides is 1. The minimum absolute atomic E-state index is 0.0866. The predicted octanol–water partition coefficient (Wildman–Crippen LogP) is 2.62. The van der Waals surface area contributed by atoms with Crippen molar-refractivity contribution in [2.24, 2.45) is 0 Å². The molecule has 8 nitrogen and oxygen atoms in total. The third-order valence-electron chi connectivity index (χ3n) is 5.81. The van der Waals surface area contributed by atoms with Crippen LogP contribution in [0.4, 0.5) is 0 Å². The second-order valence-corrected chi connectivity index (χ2v) is 8.55. The first-order valence-corrected chi connectivity index (χ1v) is 11.2. The van der Waals surface area contributed by atoms with Crippen LogP contribution in [0.25, 0.3) is 5.69 Å². The molecule has 1 unspecified atom stereocenters. The lowest BCUT2D eigenvalue weighted by Gasteiger charge is -2.14. The quantitative estimate of drug-likeness (QED) is 0.600. The summed E-state index contributed by atoms with van der Waals surface area (Å²) in [5, 5.41) is 7.31. The van der Waals surface area contributed by atoms with Crippen LogP contribution in [0, 0.1) is 13.8 Å². The van der Waals surface area contributed by atoms with Crippen molar-refractivity contribution in [1.82, 2.24) is 19.7 Å². The predicted molar refractivity (Wildman–Crippen MR) is 125 cm³/mol. The number of nitrogens with zero attached hydrogens (tertiary/aromatic N) is 3. The van der Waals surface area contributed by atoms with Gasteiger partial charge in [-0.15, -0.1) is 0 Å². The second-order valence-electron chi connectivity index (χ2n) is 8.14. The molecule has 9 heteroatoms. The van der Waals surface area contributed by atoms with Crippen LogP contribution >= 0.6 is 11.6 Å². The van der Waals surface area contributed by atoms with E-state index in [0.29, 0.717) is 22.9 Å². The Morgan fingerprint density at radius 1 is 1.18 bits per heavy atom. The van der Waals surface area contributed by atoms with E-state index in [9.17, 15) is 14.4 Å². The molecule has 2 heterocycles. The van der Waals surface area contributed by atoms with Crippen LogP contribution in [0.2, 0.25) is 5.02 Å². The molecule has 1 aromatic heterocycles. The van der Waals surface area contributed by atoms with Crippen LogP contribution in [-0.2, 0) is 11.3 Å². The highest BCUT2D eigenvalue weighted by Gasteiger charge is 2.23. The molecule has 0 saturated carbocycles. The van der Waals surface area contributed by atoms with E-state index in [1.54, 1.807) is 36.4 Å². The average Bonchev–Trinajstić information content (AvgIpc) is 3.32. The number of halogens is 1. The molecule has 1 amide bonds. The van der Waals surface area contributed by atoms with Crippen LogP contribution < -0.4 is 16.6 Å². The summed E-state index contributed by atoms with van der Waals surface area (Å²) >= 11 is 6.27. The Kier molecular flexibility index (Phi) is 6.76. The summed E-state index contributed by atoms with van der Waals surface area (Å²) in [4.78, 5) is 39.4. The van der Waals surface area contributed by atoms with Crippen molar-refractivity contribution in [2.75, 3.05) is 13.2 Å². The van der Waals surface area contributed by atoms with Crippen LogP contribution in [0.1, 0.15) is 40.0 Å². The Morgan fingerprint density at radius 3 is 2.67 bits per heavy atom. The summed E-state index contributed by atoms with van der Waals surface area (Å²) in [7, 11) is 0. The van der Waals surface area contributed by atoms with E-state index in [1.807, 2.05) is 19.9 Å². The Morgan fingerprint density at radius 2 is 1.97 bits per heavy atom. The molecule has 0 radical (unpaired) electrons. The fourth-order valence-electron chi connectivity index (χ4n) is 3.71. The van der Waals surface area contributed by atoms with E-state index in [1.165, 1.54) is 0 Å².